The van der Waals surface area contributed by atoms with Crippen LogP contribution >= 0.6 is 0 Å². The lowest BCUT2D eigenvalue weighted by Gasteiger charge is -2.34. The molecule has 6 heteroatoms. The Bertz CT molecular complexity index is 897. The van der Waals surface area contributed by atoms with Crippen molar-refractivity contribution in [1.29, 1.82) is 0 Å². The minimum atomic E-state index is -0.00989. The summed E-state index contributed by atoms with van der Waals surface area (Å²) in [6, 6.07) is 14.7. The number of amides is 2. The van der Waals surface area contributed by atoms with Crippen molar-refractivity contribution in [2.45, 2.75) is 51.5 Å². The Balaban J connectivity index is 1.30. The van der Waals surface area contributed by atoms with Crippen LogP contribution in [-0.4, -0.2) is 59.3 Å². The highest BCUT2D eigenvalue weighted by molar-refractivity contribution is 5.79. The fourth-order valence-electron chi connectivity index (χ4n) is 5.27. The molecule has 2 aliphatic heterocycles. The summed E-state index contributed by atoms with van der Waals surface area (Å²) in [7, 11) is 0. The fourth-order valence-corrected chi connectivity index (χ4v) is 5.27. The third-order valence-corrected chi connectivity index (χ3v) is 7.27. The van der Waals surface area contributed by atoms with E-state index in [4.69, 9.17) is 0 Å². The highest BCUT2D eigenvalue weighted by Gasteiger charge is 2.28. The van der Waals surface area contributed by atoms with Crippen LogP contribution in [0.5, 0.6) is 0 Å². The predicted octanol–water partition coefficient (Wildman–Crippen LogP) is 3.67. The summed E-state index contributed by atoms with van der Waals surface area (Å²) in [5.41, 5.74) is 2.55. The monoisotopic (exact) mass is 462 g/mol. The largest absolute Gasteiger partial charge is 0.356 e. The number of nitrogens with one attached hydrogen (secondary N) is 1. The van der Waals surface area contributed by atoms with Gasteiger partial charge in [-0.3, -0.25) is 19.5 Å². The molecule has 3 heterocycles. The topological polar surface area (TPSA) is 65.5 Å². The summed E-state index contributed by atoms with van der Waals surface area (Å²) >= 11 is 0. The first-order valence-corrected chi connectivity index (χ1v) is 12.9. The van der Waals surface area contributed by atoms with E-state index in [0.717, 1.165) is 76.8 Å². The smallest absolute Gasteiger partial charge is 0.225 e. The van der Waals surface area contributed by atoms with Gasteiger partial charge in [-0.2, -0.15) is 0 Å². The van der Waals surface area contributed by atoms with E-state index in [1.165, 1.54) is 5.56 Å². The average molecular weight is 463 g/mol. The molecule has 2 aliphatic rings. The van der Waals surface area contributed by atoms with Crippen molar-refractivity contribution in [2.75, 3.05) is 32.7 Å². The summed E-state index contributed by atoms with van der Waals surface area (Å²) in [6.07, 6.45) is 9.99. The SMILES string of the molecule is O=C1CCN(Cc2cccnc2)CCCC(C(=O)N2CCC(Cc3ccccc3)CC2)CCN1. The van der Waals surface area contributed by atoms with E-state index in [2.05, 4.69) is 56.5 Å². The number of rotatable bonds is 5. The molecule has 1 aromatic carbocycles. The Morgan fingerprint density at radius 2 is 1.74 bits per heavy atom. The molecule has 1 aromatic heterocycles. The molecule has 2 fully saturated rings. The van der Waals surface area contributed by atoms with Crippen LogP contribution in [0.4, 0.5) is 0 Å². The highest BCUT2D eigenvalue weighted by Crippen LogP contribution is 2.25. The summed E-state index contributed by atoms with van der Waals surface area (Å²) in [5, 5.41) is 3.04. The Hall–Kier alpha value is -2.73. The summed E-state index contributed by atoms with van der Waals surface area (Å²) in [6.45, 7) is 4.70. The number of nitrogens with zero attached hydrogens (tertiary/aromatic N) is 3. The molecule has 0 bridgehead atoms. The molecule has 182 valence electrons. The molecule has 0 aliphatic carbocycles. The van der Waals surface area contributed by atoms with Gasteiger partial charge in [0.05, 0.1) is 0 Å². The van der Waals surface area contributed by atoms with E-state index in [1.54, 1.807) is 6.20 Å². The molecule has 0 saturated carbocycles. The van der Waals surface area contributed by atoms with E-state index in [-0.39, 0.29) is 17.7 Å². The van der Waals surface area contributed by atoms with Gasteiger partial charge in [-0.15, -0.1) is 0 Å². The van der Waals surface area contributed by atoms with Crippen LogP contribution in [0.15, 0.2) is 54.9 Å². The maximum Gasteiger partial charge on any atom is 0.225 e. The third-order valence-electron chi connectivity index (χ3n) is 7.27. The van der Waals surface area contributed by atoms with Crippen molar-refractivity contribution in [2.24, 2.45) is 11.8 Å². The lowest BCUT2D eigenvalue weighted by molar-refractivity contribution is -0.137. The third kappa shape index (κ3) is 7.39. The molecule has 2 amide bonds. The van der Waals surface area contributed by atoms with Crippen LogP contribution < -0.4 is 5.32 Å². The van der Waals surface area contributed by atoms with Gasteiger partial charge in [0.1, 0.15) is 0 Å². The maximum atomic E-state index is 13.4. The molecule has 2 aromatic rings. The standard InChI is InChI=1S/C28H38N4O2/c33-27-13-17-31(22-25-8-4-14-29-21-25)16-5-9-26(10-15-30-27)28(34)32-18-11-24(12-19-32)20-23-6-2-1-3-7-23/h1-4,6-8,14,21,24,26H,5,9-13,15-20,22H2,(H,30,33). The van der Waals surface area contributed by atoms with Crippen LogP contribution in [0.2, 0.25) is 0 Å². The first-order chi connectivity index (χ1) is 16.7. The molecule has 1 unspecified atom stereocenters. The number of carbonyl (C=O) groups is 2. The lowest BCUT2D eigenvalue weighted by atomic mass is 9.89. The van der Waals surface area contributed by atoms with Gasteiger partial charge in [-0.05, 0) is 68.2 Å². The summed E-state index contributed by atoms with van der Waals surface area (Å²) < 4.78 is 0. The van der Waals surface area contributed by atoms with Crippen molar-refractivity contribution in [3.05, 3.63) is 66.0 Å². The van der Waals surface area contributed by atoms with Gasteiger partial charge in [-0.1, -0.05) is 36.4 Å². The first kappa shape index (κ1) is 24.4. The Kier molecular flexibility index (Phi) is 9.08. The van der Waals surface area contributed by atoms with E-state index < -0.39 is 0 Å². The van der Waals surface area contributed by atoms with Crippen LogP contribution in [0.25, 0.3) is 0 Å². The summed E-state index contributed by atoms with van der Waals surface area (Å²) in [5.74, 6) is 1.00. The normalized spacial score (nSPS) is 21.5. The molecule has 1 atom stereocenters. The second-order valence-corrected chi connectivity index (χ2v) is 9.82. The minimum absolute atomic E-state index is 0.00989. The lowest BCUT2D eigenvalue weighted by Crippen LogP contribution is -2.43. The average Bonchev–Trinajstić information content (AvgIpc) is 2.91. The van der Waals surface area contributed by atoms with E-state index in [1.807, 2.05) is 12.3 Å². The van der Waals surface area contributed by atoms with Gasteiger partial charge in [-0.25, -0.2) is 0 Å². The van der Waals surface area contributed by atoms with Crippen molar-refractivity contribution in [1.82, 2.24) is 20.1 Å². The molecule has 2 saturated heterocycles. The van der Waals surface area contributed by atoms with Gasteiger partial charge >= 0.3 is 0 Å². The maximum absolute atomic E-state index is 13.4. The number of benzene rings is 1. The van der Waals surface area contributed by atoms with Crippen molar-refractivity contribution in [3.63, 3.8) is 0 Å². The summed E-state index contributed by atoms with van der Waals surface area (Å²) in [4.78, 5) is 34.4. The van der Waals surface area contributed by atoms with Crippen LogP contribution in [0.1, 0.15) is 49.7 Å². The Morgan fingerprint density at radius 1 is 0.941 bits per heavy atom. The van der Waals surface area contributed by atoms with E-state index >= 15 is 0 Å². The minimum Gasteiger partial charge on any atom is -0.356 e. The highest BCUT2D eigenvalue weighted by atomic mass is 16.2. The van der Waals surface area contributed by atoms with Gasteiger partial charge in [0, 0.05) is 57.5 Å². The number of likely N-dealkylation sites (tertiary alicyclic amines) is 1. The number of pyridine rings is 1. The Morgan fingerprint density at radius 3 is 2.50 bits per heavy atom. The van der Waals surface area contributed by atoms with Gasteiger partial charge in [0.25, 0.3) is 0 Å². The zero-order valence-electron chi connectivity index (χ0n) is 20.2. The van der Waals surface area contributed by atoms with Crippen LogP contribution in [-0.2, 0) is 22.6 Å². The molecule has 0 spiro atoms. The molecule has 0 radical (unpaired) electrons. The van der Waals surface area contributed by atoms with Gasteiger partial charge in [0.2, 0.25) is 11.8 Å². The van der Waals surface area contributed by atoms with Gasteiger partial charge in [0.15, 0.2) is 0 Å². The molecular weight excluding hydrogens is 424 g/mol. The molecule has 34 heavy (non-hydrogen) atoms. The van der Waals surface area contributed by atoms with E-state index in [0.29, 0.717) is 18.9 Å². The van der Waals surface area contributed by atoms with E-state index in [9.17, 15) is 9.59 Å². The number of piperidine rings is 1. The van der Waals surface area contributed by atoms with Gasteiger partial charge < -0.3 is 10.2 Å². The van der Waals surface area contributed by atoms with Crippen molar-refractivity contribution in [3.8, 4) is 0 Å². The second-order valence-electron chi connectivity index (χ2n) is 9.82. The predicted molar refractivity (Wildman–Crippen MR) is 134 cm³/mol. The number of hydrogen-bond acceptors (Lipinski definition) is 4. The number of hydrogen-bond donors (Lipinski definition) is 1. The fraction of sp³-hybridized carbons (Fsp3) is 0.536. The van der Waals surface area contributed by atoms with Crippen LogP contribution in [0.3, 0.4) is 0 Å². The molecular formula is C28H38N4O2. The van der Waals surface area contributed by atoms with Crippen LogP contribution in [0, 0.1) is 11.8 Å². The quantitative estimate of drug-likeness (QED) is 0.736. The molecule has 1 N–H and O–H groups in total. The number of aromatic nitrogens is 1. The number of carbonyl (C=O) groups excluding carboxylic acids is 2. The zero-order chi connectivity index (χ0) is 23.6. The first-order valence-electron chi connectivity index (χ1n) is 12.9. The Labute approximate surface area is 203 Å². The molecule has 6 nitrogen and oxygen atoms in total. The van der Waals surface area contributed by atoms with Crippen molar-refractivity contribution >= 4 is 11.8 Å². The van der Waals surface area contributed by atoms with Crippen molar-refractivity contribution < 1.29 is 9.59 Å². The molecule has 4 rings (SSSR count). The second kappa shape index (κ2) is 12.7. The zero-order valence-corrected chi connectivity index (χ0v) is 20.2.